The summed E-state index contributed by atoms with van der Waals surface area (Å²) >= 11 is 3.24. The molecule has 1 saturated carbocycles. The first-order valence-electron chi connectivity index (χ1n) is 5.74. The zero-order valence-electron chi connectivity index (χ0n) is 9.40. The zero-order chi connectivity index (χ0) is 12.3. The van der Waals surface area contributed by atoms with Crippen LogP contribution in [0.5, 0.6) is 0 Å². The number of hydrogen-bond acceptors (Lipinski definition) is 3. The molecule has 2 N–H and O–H groups in total. The molecule has 1 unspecified atom stereocenters. The van der Waals surface area contributed by atoms with Gasteiger partial charge in [0.2, 0.25) is 0 Å². The summed E-state index contributed by atoms with van der Waals surface area (Å²) in [5.74, 6) is 0.440. The van der Waals surface area contributed by atoms with Gasteiger partial charge in [-0.05, 0) is 53.2 Å². The van der Waals surface area contributed by atoms with Crippen molar-refractivity contribution in [3.8, 4) is 0 Å². The van der Waals surface area contributed by atoms with Crippen molar-refractivity contribution >= 4 is 21.8 Å². The molecule has 0 saturated heterocycles. The van der Waals surface area contributed by atoms with E-state index in [2.05, 4.69) is 26.2 Å². The van der Waals surface area contributed by atoms with Crippen molar-refractivity contribution in [2.24, 2.45) is 5.92 Å². The summed E-state index contributed by atoms with van der Waals surface area (Å²) in [4.78, 5) is 16.0. The molecule has 1 aliphatic carbocycles. The summed E-state index contributed by atoms with van der Waals surface area (Å²) in [5, 5.41) is 11.9. The fourth-order valence-corrected chi connectivity index (χ4v) is 2.22. The number of halogens is 1. The van der Waals surface area contributed by atoms with Crippen molar-refractivity contribution in [1.29, 1.82) is 0 Å². The molecule has 1 heterocycles. The quantitative estimate of drug-likeness (QED) is 0.814. The van der Waals surface area contributed by atoms with E-state index in [9.17, 15) is 4.79 Å². The number of nitrogens with zero attached hydrogens (tertiary/aromatic N) is 1. The lowest BCUT2D eigenvalue weighted by molar-refractivity contribution is 0.0924. The van der Waals surface area contributed by atoms with Crippen LogP contribution in [-0.2, 0) is 0 Å². The molecule has 17 heavy (non-hydrogen) atoms. The number of aliphatic hydroxyl groups is 1. The van der Waals surface area contributed by atoms with Crippen molar-refractivity contribution in [1.82, 2.24) is 10.3 Å². The van der Waals surface area contributed by atoms with Crippen LogP contribution in [0.15, 0.2) is 22.9 Å². The summed E-state index contributed by atoms with van der Waals surface area (Å²) in [6, 6.07) is 3.47. The van der Waals surface area contributed by atoms with E-state index in [0.717, 1.165) is 12.8 Å². The van der Waals surface area contributed by atoms with Gasteiger partial charge in [-0.25, -0.2) is 4.98 Å². The second-order valence-corrected chi connectivity index (χ2v) is 5.11. The highest BCUT2D eigenvalue weighted by atomic mass is 79.9. The number of rotatable bonds is 5. The van der Waals surface area contributed by atoms with Crippen LogP contribution in [0.3, 0.4) is 0 Å². The van der Waals surface area contributed by atoms with Gasteiger partial charge in [0.25, 0.3) is 5.91 Å². The normalized spacial score (nSPS) is 16.6. The first kappa shape index (κ1) is 12.5. The molecule has 1 atom stereocenters. The van der Waals surface area contributed by atoms with Gasteiger partial charge in [-0.15, -0.1) is 0 Å². The molecule has 5 heteroatoms. The highest BCUT2D eigenvalue weighted by Gasteiger charge is 2.31. The molecular formula is C12H15BrN2O2. The molecule has 4 nitrogen and oxygen atoms in total. The molecule has 0 aromatic carbocycles. The van der Waals surface area contributed by atoms with Crippen molar-refractivity contribution in [2.75, 3.05) is 6.61 Å². The number of aromatic nitrogens is 1. The van der Waals surface area contributed by atoms with E-state index < -0.39 is 0 Å². The van der Waals surface area contributed by atoms with Gasteiger partial charge in [-0.1, -0.05) is 0 Å². The smallest absolute Gasteiger partial charge is 0.251 e. The lowest BCUT2D eigenvalue weighted by Gasteiger charge is -2.17. The molecule has 1 fully saturated rings. The Balaban J connectivity index is 1.99. The molecule has 92 valence electrons. The Morgan fingerprint density at radius 1 is 1.65 bits per heavy atom. The Morgan fingerprint density at radius 3 is 3.00 bits per heavy atom. The van der Waals surface area contributed by atoms with E-state index in [1.807, 2.05) is 0 Å². The number of nitrogens with one attached hydrogen (secondary N) is 1. The lowest BCUT2D eigenvalue weighted by Crippen LogP contribution is -2.37. The maximum absolute atomic E-state index is 12.0. The Morgan fingerprint density at radius 2 is 2.41 bits per heavy atom. The van der Waals surface area contributed by atoms with Gasteiger partial charge in [0, 0.05) is 24.4 Å². The predicted molar refractivity (Wildman–Crippen MR) is 67.6 cm³/mol. The van der Waals surface area contributed by atoms with E-state index in [0.29, 0.717) is 22.5 Å². The number of pyridine rings is 1. The van der Waals surface area contributed by atoms with E-state index >= 15 is 0 Å². The third kappa shape index (κ3) is 3.51. The number of hydrogen-bond donors (Lipinski definition) is 2. The standard InChI is InChI=1S/C12H15BrN2O2/c13-11-7-9(3-5-14-11)12(17)15-10(4-6-16)8-1-2-8/h3,5,7-8,10,16H,1-2,4,6H2,(H,15,17). The highest BCUT2D eigenvalue weighted by Crippen LogP contribution is 2.34. The second kappa shape index (κ2) is 5.60. The molecule has 1 amide bonds. The highest BCUT2D eigenvalue weighted by molar-refractivity contribution is 9.10. The molecule has 0 aliphatic heterocycles. The number of amides is 1. The molecule has 0 bridgehead atoms. The van der Waals surface area contributed by atoms with E-state index in [-0.39, 0.29) is 18.6 Å². The third-order valence-corrected chi connectivity index (χ3v) is 3.37. The van der Waals surface area contributed by atoms with Crippen LogP contribution in [0, 0.1) is 5.92 Å². The third-order valence-electron chi connectivity index (χ3n) is 2.94. The van der Waals surface area contributed by atoms with Gasteiger partial charge < -0.3 is 10.4 Å². The summed E-state index contributed by atoms with van der Waals surface area (Å²) in [6.07, 6.45) is 4.51. The Hall–Kier alpha value is -0.940. The summed E-state index contributed by atoms with van der Waals surface area (Å²) in [7, 11) is 0. The first-order valence-corrected chi connectivity index (χ1v) is 6.53. The first-order chi connectivity index (χ1) is 8.20. The van der Waals surface area contributed by atoms with E-state index in [1.54, 1.807) is 18.3 Å². The van der Waals surface area contributed by atoms with Gasteiger partial charge in [0.1, 0.15) is 4.60 Å². The van der Waals surface area contributed by atoms with Crippen LogP contribution < -0.4 is 5.32 Å². The Bertz CT molecular complexity index is 407. The Kier molecular flexibility index (Phi) is 4.12. The average Bonchev–Trinajstić information content (AvgIpc) is 3.12. The van der Waals surface area contributed by atoms with Gasteiger partial charge in [0.05, 0.1) is 0 Å². The molecular weight excluding hydrogens is 284 g/mol. The SMILES string of the molecule is O=C(NC(CCO)C1CC1)c1ccnc(Br)c1. The largest absolute Gasteiger partial charge is 0.396 e. The lowest BCUT2D eigenvalue weighted by atomic mass is 10.1. The average molecular weight is 299 g/mol. The number of carbonyl (C=O) groups excluding carboxylic acids is 1. The zero-order valence-corrected chi connectivity index (χ0v) is 11.0. The maximum atomic E-state index is 12.0. The number of aliphatic hydroxyl groups excluding tert-OH is 1. The monoisotopic (exact) mass is 298 g/mol. The minimum atomic E-state index is -0.0987. The van der Waals surface area contributed by atoms with Crippen LogP contribution in [-0.4, -0.2) is 28.6 Å². The second-order valence-electron chi connectivity index (χ2n) is 4.30. The van der Waals surface area contributed by atoms with Crippen LogP contribution in [0.4, 0.5) is 0 Å². The predicted octanol–water partition coefficient (Wildman–Crippen LogP) is 1.73. The molecule has 2 rings (SSSR count). The molecule has 1 aromatic heterocycles. The maximum Gasteiger partial charge on any atom is 0.251 e. The Labute approximate surface area is 109 Å². The molecule has 1 aliphatic rings. The summed E-state index contributed by atoms with van der Waals surface area (Å²) in [6.45, 7) is 0.113. The van der Waals surface area contributed by atoms with Gasteiger partial charge in [-0.2, -0.15) is 0 Å². The molecule has 0 spiro atoms. The van der Waals surface area contributed by atoms with Crippen molar-refractivity contribution in [3.05, 3.63) is 28.5 Å². The van der Waals surface area contributed by atoms with Crippen LogP contribution >= 0.6 is 15.9 Å². The van der Waals surface area contributed by atoms with Crippen LogP contribution in [0.1, 0.15) is 29.6 Å². The topological polar surface area (TPSA) is 62.2 Å². The van der Waals surface area contributed by atoms with Crippen molar-refractivity contribution in [2.45, 2.75) is 25.3 Å². The van der Waals surface area contributed by atoms with Crippen LogP contribution in [0.25, 0.3) is 0 Å². The van der Waals surface area contributed by atoms with Gasteiger partial charge in [-0.3, -0.25) is 4.79 Å². The summed E-state index contributed by atoms with van der Waals surface area (Å²) in [5.41, 5.74) is 0.593. The minimum absolute atomic E-state index is 0.0967. The minimum Gasteiger partial charge on any atom is -0.396 e. The van der Waals surface area contributed by atoms with Crippen molar-refractivity contribution in [3.63, 3.8) is 0 Å². The number of carbonyl (C=O) groups is 1. The van der Waals surface area contributed by atoms with E-state index in [1.165, 1.54) is 0 Å². The molecule has 1 aromatic rings. The van der Waals surface area contributed by atoms with Gasteiger partial charge >= 0.3 is 0 Å². The fourth-order valence-electron chi connectivity index (χ4n) is 1.86. The van der Waals surface area contributed by atoms with Gasteiger partial charge in [0.15, 0.2) is 0 Å². The van der Waals surface area contributed by atoms with Crippen LogP contribution in [0.2, 0.25) is 0 Å². The summed E-state index contributed by atoms with van der Waals surface area (Å²) < 4.78 is 0.648. The van der Waals surface area contributed by atoms with E-state index in [4.69, 9.17) is 5.11 Å². The van der Waals surface area contributed by atoms with Crippen molar-refractivity contribution < 1.29 is 9.90 Å². The molecule has 0 radical (unpaired) electrons. The fraction of sp³-hybridized carbons (Fsp3) is 0.500.